The number of hydrogen-bond acceptors (Lipinski definition) is 5. The van der Waals surface area contributed by atoms with Crippen molar-refractivity contribution in [1.82, 2.24) is 0 Å². The van der Waals surface area contributed by atoms with Gasteiger partial charge in [-0.3, -0.25) is 0 Å². The van der Waals surface area contributed by atoms with Crippen LogP contribution in [0.3, 0.4) is 0 Å². The number of benzene rings is 1. The highest BCUT2D eigenvalue weighted by Gasteiger charge is 2.43. The lowest BCUT2D eigenvalue weighted by Gasteiger charge is -2.28. The average Bonchev–Trinajstić information content (AvgIpc) is 2.52. The summed E-state index contributed by atoms with van der Waals surface area (Å²) in [5, 5.41) is 0.981. The summed E-state index contributed by atoms with van der Waals surface area (Å²) >= 11 is 0. The Morgan fingerprint density at radius 1 is 1.09 bits per heavy atom. The van der Waals surface area contributed by atoms with E-state index in [0.29, 0.717) is 26.4 Å². The van der Waals surface area contributed by atoms with Crippen molar-refractivity contribution in [2.45, 2.75) is 33.6 Å². The van der Waals surface area contributed by atoms with Gasteiger partial charge in [-0.2, -0.15) is 0 Å². The zero-order valence-corrected chi connectivity index (χ0v) is 14.6. The van der Waals surface area contributed by atoms with E-state index in [9.17, 15) is 4.79 Å². The van der Waals surface area contributed by atoms with E-state index in [0.717, 1.165) is 23.6 Å². The minimum absolute atomic E-state index is 0.499. The molecule has 0 N–H and O–H groups in total. The van der Waals surface area contributed by atoms with Crippen LogP contribution in [0, 0.1) is 0 Å². The molecule has 0 unspecified atom stereocenters. The summed E-state index contributed by atoms with van der Waals surface area (Å²) in [6.45, 7) is 7.97. The van der Waals surface area contributed by atoms with Crippen LogP contribution >= 0.6 is 0 Å². The molecule has 0 fully saturated rings. The monoisotopic (exact) mass is 323 g/mol. The van der Waals surface area contributed by atoms with Gasteiger partial charge >= 0.3 is 8.80 Å². The van der Waals surface area contributed by atoms with E-state index < -0.39 is 8.80 Å². The summed E-state index contributed by atoms with van der Waals surface area (Å²) in [4.78, 5) is 13.7. The van der Waals surface area contributed by atoms with E-state index >= 15 is 0 Å². The number of nitrogens with zero attached hydrogens (tertiary/aromatic N) is 1. The van der Waals surface area contributed by atoms with Gasteiger partial charge in [0.25, 0.3) is 0 Å². The first-order valence-corrected chi connectivity index (χ1v) is 9.49. The summed E-state index contributed by atoms with van der Waals surface area (Å²) in [6, 6.07) is 8.13. The first kappa shape index (κ1) is 18.7. The second kappa shape index (κ2) is 10.4. The molecular formula is C16H25NO4Si. The van der Waals surface area contributed by atoms with Crippen molar-refractivity contribution in [3.8, 4) is 0 Å². The molecule has 1 aromatic rings. The Bertz CT molecular complexity index is 472. The van der Waals surface area contributed by atoms with Crippen LogP contribution in [0.5, 0.6) is 0 Å². The van der Waals surface area contributed by atoms with Gasteiger partial charge < -0.3 is 13.3 Å². The second-order valence-corrected chi connectivity index (χ2v) is 7.19. The highest BCUT2D eigenvalue weighted by atomic mass is 28.4. The summed E-state index contributed by atoms with van der Waals surface area (Å²) in [6.07, 6.45) is 3.21. The molecule has 5 nitrogen and oxygen atoms in total. The van der Waals surface area contributed by atoms with Crippen molar-refractivity contribution in [2.24, 2.45) is 4.99 Å². The molecule has 0 saturated carbocycles. The standard InChI is InChI=1S/C16H25NO4Si/c1-4-19-22(20-5-2,21-6-3)16-11-7-9-15(13-16)10-8-12-17-14-18/h7,9,11,13H,4-6,8,10,12H2,1-3H3. The first-order chi connectivity index (χ1) is 10.7. The molecule has 6 heteroatoms. The molecule has 0 aliphatic heterocycles. The predicted octanol–water partition coefficient (Wildman–Crippen LogP) is 2.21. The summed E-state index contributed by atoms with van der Waals surface area (Å²) in [5.74, 6) is 0. The van der Waals surface area contributed by atoms with Crippen LogP contribution in [0.25, 0.3) is 0 Å². The van der Waals surface area contributed by atoms with E-state index in [2.05, 4.69) is 17.1 Å². The molecule has 122 valence electrons. The third kappa shape index (κ3) is 5.48. The van der Waals surface area contributed by atoms with E-state index in [1.807, 2.05) is 32.9 Å². The van der Waals surface area contributed by atoms with Crippen molar-refractivity contribution in [3.05, 3.63) is 29.8 Å². The molecule has 22 heavy (non-hydrogen) atoms. The molecule has 0 aliphatic carbocycles. The molecule has 0 atom stereocenters. The van der Waals surface area contributed by atoms with Gasteiger partial charge in [0, 0.05) is 25.0 Å². The molecule has 0 amide bonds. The van der Waals surface area contributed by atoms with Crippen molar-refractivity contribution in [2.75, 3.05) is 26.4 Å². The fourth-order valence-electron chi connectivity index (χ4n) is 2.27. The number of rotatable bonds is 11. The molecule has 0 spiro atoms. The third-order valence-electron chi connectivity index (χ3n) is 3.08. The molecule has 0 saturated heterocycles. The number of aryl methyl sites for hydroxylation is 1. The van der Waals surface area contributed by atoms with Gasteiger partial charge in [-0.25, -0.2) is 9.79 Å². The Balaban J connectivity index is 2.95. The zero-order chi connectivity index (χ0) is 16.3. The lowest BCUT2D eigenvalue weighted by molar-refractivity contribution is 0.0859. The van der Waals surface area contributed by atoms with Crippen LogP contribution in [-0.2, 0) is 24.5 Å². The topological polar surface area (TPSA) is 57.1 Å². The number of carbonyl (C=O) groups excluding carboxylic acids is 1. The normalized spacial score (nSPS) is 11.2. The molecule has 1 rings (SSSR count). The Kier molecular flexibility index (Phi) is 8.88. The Hall–Kier alpha value is -1.30. The van der Waals surface area contributed by atoms with Crippen LogP contribution in [-0.4, -0.2) is 41.2 Å². The van der Waals surface area contributed by atoms with Crippen molar-refractivity contribution < 1.29 is 18.1 Å². The molecular weight excluding hydrogens is 298 g/mol. The third-order valence-corrected chi connectivity index (χ3v) is 6.11. The highest BCUT2D eigenvalue weighted by molar-refractivity contribution is 6.75. The fraction of sp³-hybridized carbons (Fsp3) is 0.562. The van der Waals surface area contributed by atoms with E-state index in [1.165, 1.54) is 0 Å². The highest BCUT2D eigenvalue weighted by Crippen LogP contribution is 2.13. The quantitative estimate of drug-likeness (QED) is 0.271. The zero-order valence-electron chi connectivity index (χ0n) is 13.6. The van der Waals surface area contributed by atoms with Crippen LogP contribution in [0.2, 0.25) is 0 Å². The van der Waals surface area contributed by atoms with Gasteiger partial charge in [0.1, 0.15) is 0 Å². The lowest BCUT2D eigenvalue weighted by Crippen LogP contribution is -2.57. The van der Waals surface area contributed by atoms with E-state index in [4.69, 9.17) is 13.3 Å². The van der Waals surface area contributed by atoms with E-state index in [1.54, 1.807) is 6.08 Å². The summed E-state index contributed by atoms with van der Waals surface area (Å²) in [7, 11) is -2.84. The maximum atomic E-state index is 10.1. The van der Waals surface area contributed by atoms with Crippen molar-refractivity contribution in [3.63, 3.8) is 0 Å². The number of hydrogen-bond donors (Lipinski definition) is 0. The molecule has 0 bridgehead atoms. The molecule has 1 aromatic carbocycles. The fourth-order valence-corrected chi connectivity index (χ4v) is 4.82. The number of aliphatic imine (C=N–C) groups is 1. The van der Waals surface area contributed by atoms with Gasteiger partial charge in [-0.05, 0) is 39.2 Å². The Labute approximate surface area is 133 Å². The summed E-state index contributed by atoms with van der Waals surface area (Å²) < 4.78 is 17.8. The van der Waals surface area contributed by atoms with Gasteiger partial charge in [-0.15, -0.1) is 0 Å². The second-order valence-electron chi connectivity index (χ2n) is 4.63. The minimum Gasteiger partial charge on any atom is -0.370 e. The van der Waals surface area contributed by atoms with Crippen LogP contribution in [0.15, 0.2) is 29.3 Å². The molecule has 0 radical (unpaired) electrons. The van der Waals surface area contributed by atoms with Gasteiger partial charge in [0.05, 0.1) is 6.54 Å². The van der Waals surface area contributed by atoms with Gasteiger partial charge in [-0.1, -0.05) is 24.3 Å². The summed E-state index contributed by atoms with van der Waals surface area (Å²) in [5.41, 5.74) is 1.16. The van der Waals surface area contributed by atoms with Crippen LogP contribution in [0.4, 0.5) is 0 Å². The maximum absolute atomic E-state index is 10.1. The largest absolute Gasteiger partial charge is 0.537 e. The Morgan fingerprint density at radius 3 is 2.27 bits per heavy atom. The number of isocyanates is 1. The average molecular weight is 323 g/mol. The SMILES string of the molecule is CCO[Si](OCC)(OCC)c1cccc(CCCN=C=O)c1. The lowest BCUT2D eigenvalue weighted by atomic mass is 10.1. The first-order valence-electron chi connectivity index (χ1n) is 7.77. The Morgan fingerprint density at radius 2 is 1.73 bits per heavy atom. The smallest absolute Gasteiger partial charge is 0.370 e. The van der Waals surface area contributed by atoms with Gasteiger partial charge in [0.15, 0.2) is 0 Å². The van der Waals surface area contributed by atoms with Crippen LogP contribution in [0.1, 0.15) is 32.8 Å². The maximum Gasteiger partial charge on any atom is 0.537 e. The molecule has 0 aromatic heterocycles. The van der Waals surface area contributed by atoms with Gasteiger partial charge in [0.2, 0.25) is 6.08 Å². The molecule has 0 heterocycles. The minimum atomic E-state index is -2.84. The van der Waals surface area contributed by atoms with E-state index in [-0.39, 0.29) is 0 Å². The van der Waals surface area contributed by atoms with Crippen molar-refractivity contribution in [1.29, 1.82) is 0 Å². The van der Waals surface area contributed by atoms with Crippen LogP contribution < -0.4 is 5.19 Å². The molecule has 0 aliphatic rings. The predicted molar refractivity (Wildman–Crippen MR) is 88.0 cm³/mol. The van der Waals surface area contributed by atoms with Crippen molar-refractivity contribution >= 4 is 20.1 Å².